The summed E-state index contributed by atoms with van der Waals surface area (Å²) in [5.41, 5.74) is 1.13. The van der Waals surface area contributed by atoms with E-state index in [2.05, 4.69) is 29.1 Å². The molecule has 3 heteroatoms. The molecule has 0 aliphatic heterocycles. The molecule has 1 aromatic heterocycles. The predicted molar refractivity (Wildman–Crippen MR) is 53.5 cm³/mol. The molecule has 13 heavy (non-hydrogen) atoms. The first-order valence-corrected chi connectivity index (χ1v) is 4.73. The fraction of sp³-hybridized carbons (Fsp3) is 0.600. The largest absolute Gasteiger partial charge is 0.316 e. The van der Waals surface area contributed by atoms with Crippen LogP contribution in [0.4, 0.5) is 0 Å². The van der Waals surface area contributed by atoms with Crippen LogP contribution in [0.25, 0.3) is 0 Å². The van der Waals surface area contributed by atoms with Gasteiger partial charge in [0.1, 0.15) is 5.82 Å². The molecular formula is C10H17N3. The SMILES string of the molecule is CCC(C)c1ncc(CNC)cn1. The minimum Gasteiger partial charge on any atom is -0.316 e. The van der Waals surface area contributed by atoms with Gasteiger partial charge in [-0.1, -0.05) is 13.8 Å². The van der Waals surface area contributed by atoms with Crippen LogP contribution < -0.4 is 5.32 Å². The van der Waals surface area contributed by atoms with Crippen molar-refractivity contribution in [3.05, 3.63) is 23.8 Å². The summed E-state index contributed by atoms with van der Waals surface area (Å²) in [4.78, 5) is 8.63. The molecule has 0 amide bonds. The van der Waals surface area contributed by atoms with E-state index in [4.69, 9.17) is 0 Å². The third-order valence-corrected chi connectivity index (χ3v) is 2.16. The summed E-state index contributed by atoms with van der Waals surface area (Å²) < 4.78 is 0. The van der Waals surface area contributed by atoms with Crippen LogP contribution >= 0.6 is 0 Å². The van der Waals surface area contributed by atoms with Crippen LogP contribution in [-0.4, -0.2) is 17.0 Å². The normalized spacial score (nSPS) is 12.8. The van der Waals surface area contributed by atoms with Gasteiger partial charge >= 0.3 is 0 Å². The molecular weight excluding hydrogens is 162 g/mol. The zero-order valence-corrected chi connectivity index (χ0v) is 8.54. The zero-order chi connectivity index (χ0) is 9.68. The lowest BCUT2D eigenvalue weighted by molar-refractivity contribution is 0.672. The summed E-state index contributed by atoms with van der Waals surface area (Å²) >= 11 is 0. The third kappa shape index (κ3) is 2.77. The first-order chi connectivity index (χ1) is 6.27. The predicted octanol–water partition coefficient (Wildman–Crippen LogP) is 1.71. The Bertz CT molecular complexity index is 243. The van der Waals surface area contributed by atoms with Crippen molar-refractivity contribution in [3.8, 4) is 0 Å². The zero-order valence-electron chi connectivity index (χ0n) is 8.54. The van der Waals surface area contributed by atoms with Gasteiger partial charge in [-0.15, -0.1) is 0 Å². The van der Waals surface area contributed by atoms with Crippen molar-refractivity contribution >= 4 is 0 Å². The Labute approximate surface area is 79.6 Å². The highest BCUT2D eigenvalue weighted by atomic mass is 14.9. The Balaban J connectivity index is 2.69. The van der Waals surface area contributed by atoms with E-state index in [1.807, 2.05) is 19.4 Å². The highest BCUT2D eigenvalue weighted by Gasteiger charge is 2.04. The second-order valence-electron chi connectivity index (χ2n) is 3.29. The number of hydrogen-bond acceptors (Lipinski definition) is 3. The van der Waals surface area contributed by atoms with E-state index in [1.54, 1.807) is 0 Å². The molecule has 0 bridgehead atoms. The maximum absolute atomic E-state index is 4.32. The van der Waals surface area contributed by atoms with Gasteiger partial charge in [0.15, 0.2) is 0 Å². The number of hydrogen-bond donors (Lipinski definition) is 1. The summed E-state index contributed by atoms with van der Waals surface area (Å²) in [5, 5.41) is 3.07. The third-order valence-electron chi connectivity index (χ3n) is 2.16. The molecule has 0 radical (unpaired) electrons. The van der Waals surface area contributed by atoms with Gasteiger partial charge in [-0.05, 0) is 13.5 Å². The summed E-state index contributed by atoms with van der Waals surface area (Å²) in [7, 11) is 1.92. The second kappa shape index (κ2) is 4.92. The lowest BCUT2D eigenvalue weighted by Crippen LogP contribution is -2.07. The fourth-order valence-corrected chi connectivity index (χ4v) is 1.10. The Morgan fingerprint density at radius 3 is 2.46 bits per heavy atom. The van der Waals surface area contributed by atoms with Gasteiger partial charge in [0.25, 0.3) is 0 Å². The number of rotatable bonds is 4. The van der Waals surface area contributed by atoms with Crippen molar-refractivity contribution in [2.45, 2.75) is 32.7 Å². The molecule has 0 spiro atoms. The summed E-state index contributed by atoms with van der Waals surface area (Å²) in [6.45, 7) is 5.13. The Kier molecular flexibility index (Phi) is 3.83. The summed E-state index contributed by atoms with van der Waals surface area (Å²) in [6.07, 6.45) is 4.88. The highest BCUT2D eigenvalue weighted by Crippen LogP contribution is 2.12. The molecule has 1 unspecified atom stereocenters. The van der Waals surface area contributed by atoms with Crippen LogP contribution in [0.1, 0.15) is 37.6 Å². The quantitative estimate of drug-likeness (QED) is 0.764. The molecule has 0 aromatic carbocycles. The van der Waals surface area contributed by atoms with Crippen LogP contribution in [0.15, 0.2) is 12.4 Å². The van der Waals surface area contributed by atoms with Crippen molar-refractivity contribution in [2.24, 2.45) is 0 Å². The lowest BCUT2D eigenvalue weighted by Gasteiger charge is -2.06. The Morgan fingerprint density at radius 2 is 2.00 bits per heavy atom. The average Bonchev–Trinajstić information content (AvgIpc) is 2.18. The molecule has 0 fully saturated rings. The van der Waals surface area contributed by atoms with E-state index in [9.17, 15) is 0 Å². The molecule has 3 nitrogen and oxygen atoms in total. The minimum absolute atomic E-state index is 0.462. The second-order valence-corrected chi connectivity index (χ2v) is 3.29. The van der Waals surface area contributed by atoms with Gasteiger partial charge < -0.3 is 5.32 Å². The number of nitrogens with zero attached hydrogens (tertiary/aromatic N) is 2. The molecule has 1 heterocycles. The molecule has 1 atom stereocenters. The van der Waals surface area contributed by atoms with Gasteiger partial charge in [0.05, 0.1) is 0 Å². The highest BCUT2D eigenvalue weighted by molar-refractivity contribution is 5.06. The maximum Gasteiger partial charge on any atom is 0.131 e. The molecule has 0 aliphatic rings. The van der Waals surface area contributed by atoms with Gasteiger partial charge in [-0.2, -0.15) is 0 Å². The Hall–Kier alpha value is -0.960. The first kappa shape index (κ1) is 10.1. The van der Waals surface area contributed by atoms with Crippen molar-refractivity contribution < 1.29 is 0 Å². The average molecular weight is 179 g/mol. The van der Waals surface area contributed by atoms with E-state index in [0.29, 0.717) is 5.92 Å². The first-order valence-electron chi connectivity index (χ1n) is 4.73. The van der Waals surface area contributed by atoms with Crippen molar-refractivity contribution in [1.29, 1.82) is 0 Å². The van der Waals surface area contributed by atoms with Crippen LogP contribution in [0, 0.1) is 0 Å². The van der Waals surface area contributed by atoms with Gasteiger partial charge in [-0.3, -0.25) is 0 Å². The van der Waals surface area contributed by atoms with E-state index in [1.165, 1.54) is 0 Å². The van der Waals surface area contributed by atoms with Crippen LogP contribution in [0.5, 0.6) is 0 Å². The van der Waals surface area contributed by atoms with Gasteiger partial charge in [0.2, 0.25) is 0 Å². The number of nitrogens with one attached hydrogen (secondary N) is 1. The van der Waals surface area contributed by atoms with Crippen molar-refractivity contribution in [1.82, 2.24) is 15.3 Å². The van der Waals surface area contributed by atoms with E-state index >= 15 is 0 Å². The van der Waals surface area contributed by atoms with Gasteiger partial charge in [0, 0.05) is 30.4 Å². The van der Waals surface area contributed by atoms with Crippen LogP contribution in [0.3, 0.4) is 0 Å². The lowest BCUT2D eigenvalue weighted by atomic mass is 10.1. The smallest absolute Gasteiger partial charge is 0.131 e. The molecule has 0 saturated heterocycles. The Morgan fingerprint density at radius 1 is 1.38 bits per heavy atom. The van der Waals surface area contributed by atoms with Crippen molar-refractivity contribution in [2.75, 3.05) is 7.05 Å². The molecule has 0 aliphatic carbocycles. The maximum atomic E-state index is 4.32. The number of aromatic nitrogens is 2. The minimum atomic E-state index is 0.462. The molecule has 72 valence electrons. The standard InChI is InChI=1S/C10H17N3/c1-4-8(2)10-12-6-9(5-11-3)7-13-10/h6-8,11H,4-5H2,1-3H3. The topological polar surface area (TPSA) is 37.8 Å². The van der Waals surface area contributed by atoms with E-state index in [0.717, 1.165) is 24.4 Å². The monoisotopic (exact) mass is 179 g/mol. The fourth-order valence-electron chi connectivity index (χ4n) is 1.10. The van der Waals surface area contributed by atoms with Crippen LogP contribution in [-0.2, 0) is 6.54 Å². The summed E-state index contributed by atoms with van der Waals surface area (Å²) in [5.74, 6) is 1.41. The molecule has 1 N–H and O–H groups in total. The van der Waals surface area contributed by atoms with E-state index < -0.39 is 0 Å². The van der Waals surface area contributed by atoms with Crippen LogP contribution in [0.2, 0.25) is 0 Å². The van der Waals surface area contributed by atoms with Gasteiger partial charge in [-0.25, -0.2) is 9.97 Å². The molecule has 1 aromatic rings. The molecule has 1 rings (SSSR count). The molecule has 0 saturated carbocycles. The summed E-state index contributed by atoms with van der Waals surface area (Å²) in [6, 6.07) is 0. The van der Waals surface area contributed by atoms with E-state index in [-0.39, 0.29) is 0 Å². The van der Waals surface area contributed by atoms with Crippen molar-refractivity contribution in [3.63, 3.8) is 0 Å².